The van der Waals surface area contributed by atoms with Gasteiger partial charge in [-0.2, -0.15) is 0 Å². The maximum Gasteiger partial charge on any atom is 0.221 e. The first-order valence-electron chi connectivity index (χ1n) is 7.79. The second kappa shape index (κ2) is 9.62. The van der Waals surface area contributed by atoms with Crippen LogP contribution in [-0.2, 0) is 21.4 Å². The summed E-state index contributed by atoms with van der Waals surface area (Å²) in [5.41, 5.74) is 0.794. The standard InChI is InChI=1S/C16H25FN2O3S/c1-3-4-5-11-19(23(2,21)22)12-10-16(20)18-13-14-6-8-15(17)9-7-14/h6-9H,3-5,10-13H2,1-2H3,(H,18,20). The van der Waals surface area contributed by atoms with E-state index < -0.39 is 10.0 Å². The van der Waals surface area contributed by atoms with Gasteiger partial charge in [0.25, 0.3) is 0 Å². The van der Waals surface area contributed by atoms with Crippen LogP contribution in [0.3, 0.4) is 0 Å². The maximum atomic E-state index is 12.8. The summed E-state index contributed by atoms with van der Waals surface area (Å²) in [4.78, 5) is 11.8. The Balaban J connectivity index is 2.40. The molecule has 0 spiro atoms. The zero-order chi connectivity index (χ0) is 17.3. The maximum absolute atomic E-state index is 12.8. The predicted octanol–water partition coefficient (Wildman–Crippen LogP) is 2.28. The van der Waals surface area contributed by atoms with Gasteiger partial charge in [-0.15, -0.1) is 0 Å². The summed E-state index contributed by atoms with van der Waals surface area (Å²) < 4.78 is 37.5. The van der Waals surface area contributed by atoms with E-state index in [9.17, 15) is 17.6 Å². The molecule has 0 heterocycles. The SMILES string of the molecule is CCCCCN(CCC(=O)NCc1ccc(F)cc1)S(C)(=O)=O. The summed E-state index contributed by atoms with van der Waals surface area (Å²) in [5, 5.41) is 2.71. The normalized spacial score (nSPS) is 11.7. The highest BCUT2D eigenvalue weighted by atomic mass is 32.2. The van der Waals surface area contributed by atoms with E-state index in [4.69, 9.17) is 0 Å². The molecule has 130 valence electrons. The molecule has 7 heteroatoms. The molecule has 0 radical (unpaired) electrons. The quantitative estimate of drug-likeness (QED) is 0.662. The minimum absolute atomic E-state index is 0.111. The van der Waals surface area contributed by atoms with Crippen LogP contribution in [-0.4, -0.2) is 38.0 Å². The number of nitrogens with one attached hydrogen (secondary N) is 1. The average Bonchev–Trinajstić information content (AvgIpc) is 2.49. The van der Waals surface area contributed by atoms with Crippen molar-refractivity contribution in [3.8, 4) is 0 Å². The van der Waals surface area contributed by atoms with Crippen LogP contribution in [0.4, 0.5) is 4.39 Å². The van der Waals surface area contributed by atoms with Gasteiger partial charge >= 0.3 is 0 Å². The molecule has 0 atom stereocenters. The van der Waals surface area contributed by atoms with Gasteiger partial charge in [0, 0.05) is 26.1 Å². The lowest BCUT2D eigenvalue weighted by Crippen LogP contribution is -2.35. The molecule has 23 heavy (non-hydrogen) atoms. The first kappa shape index (κ1) is 19.6. The predicted molar refractivity (Wildman–Crippen MR) is 88.8 cm³/mol. The van der Waals surface area contributed by atoms with Gasteiger partial charge < -0.3 is 5.32 Å². The van der Waals surface area contributed by atoms with Crippen molar-refractivity contribution in [2.45, 2.75) is 39.2 Å². The Hall–Kier alpha value is -1.47. The summed E-state index contributed by atoms with van der Waals surface area (Å²) in [7, 11) is -3.30. The summed E-state index contributed by atoms with van der Waals surface area (Å²) in [6, 6.07) is 5.87. The highest BCUT2D eigenvalue weighted by Gasteiger charge is 2.17. The third kappa shape index (κ3) is 8.08. The largest absolute Gasteiger partial charge is 0.352 e. The summed E-state index contributed by atoms with van der Waals surface area (Å²) in [5.74, 6) is -0.547. The Morgan fingerprint density at radius 1 is 1.17 bits per heavy atom. The van der Waals surface area contributed by atoms with E-state index in [1.54, 1.807) is 12.1 Å². The van der Waals surface area contributed by atoms with Crippen LogP contribution in [0.1, 0.15) is 38.2 Å². The molecule has 0 aliphatic heterocycles. The van der Waals surface area contributed by atoms with Gasteiger partial charge in [-0.1, -0.05) is 31.9 Å². The number of carbonyl (C=O) groups excluding carboxylic acids is 1. The molecule has 0 saturated carbocycles. The van der Waals surface area contributed by atoms with Crippen LogP contribution >= 0.6 is 0 Å². The number of amides is 1. The van der Waals surface area contributed by atoms with Crippen molar-refractivity contribution in [3.05, 3.63) is 35.6 Å². The average molecular weight is 344 g/mol. The minimum Gasteiger partial charge on any atom is -0.352 e. The van der Waals surface area contributed by atoms with Crippen LogP contribution in [0.25, 0.3) is 0 Å². The number of hydrogen-bond acceptors (Lipinski definition) is 3. The molecular formula is C16H25FN2O3S. The molecule has 0 bridgehead atoms. The van der Waals surface area contributed by atoms with E-state index in [0.29, 0.717) is 13.1 Å². The third-order valence-corrected chi connectivity index (χ3v) is 4.77. The van der Waals surface area contributed by atoms with Crippen molar-refractivity contribution >= 4 is 15.9 Å². The van der Waals surface area contributed by atoms with Crippen LogP contribution in [0.5, 0.6) is 0 Å². The van der Waals surface area contributed by atoms with Gasteiger partial charge in [-0.25, -0.2) is 17.1 Å². The van der Waals surface area contributed by atoms with Crippen molar-refractivity contribution in [1.82, 2.24) is 9.62 Å². The molecule has 0 aliphatic carbocycles. The zero-order valence-corrected chi connectivity index (χ0v) is 14.5. The lowest BCUT2D eigenvalue weighted by molar-refractivity contribution is -0.121. The second-order valence-electron chi connectivity index (χ2n) is 5.52. The molecule has 0 saturated heterocycles. The summed E-state index contributed by atoms with van der Waals surface area (Å²) in [6.45, 7) is 2.97. The van der Waals surface area contributed by atoms with Crippen molar-refractivity contribution in [2.24, 2.45) is 0 Å². The van der Waals surface area contributed by atoms with E-state index in [1.165, 1.54) is 16.4 Å². The summed E-state index contributed by atoms with van der Waals surface area (Å²) in [6.07, 6.45) is 4.04. The number of benzene rings is 1. The van der Waals surface area contributed by atoms with Crippen LogP contribution in [0.2, 0.25) is 0 Å². The third-order valence-electron chi connectivity index (χ3n) is 3.47. The molecule has 1 rings (SSSR count). The van der Waals surface area contributed by atoms with Gasteiger partial charge in [-0.05, 0) is 24.1 Å². The Morgan fingerprint density at radius 2 is 1.83 bits per heavy atom. The molecule has 0 aromatic heterocycles. The smallest absolute Gasteiger partial charge is 0.221 e. The van der Waals surface area contributed by atoms with Gasteiger partial charge in [0.2, 0.25) is 15.9 Å². The van der Waals surface area contributed by atoms with Gasteiger partial charge in [0.1, 0.15) is 5.82 Å². The van der Waals surface area contributed by atoms with Crippen molar-refractivity contribution in [2.75, 3.05) is 19.3 Å². The van der Waals surface area contributed by atoms with E-state index >= 15 is 0 Å². The van der Waals surface area contributed by atoms with E-state index in [-0.39, 0.29) is 24.7 Å². The van der Waals surface area contributed by atoms with Crippen molar-refractivity contribution < 1.29 is 17.6 Å². The Labute approximate surface area is 137 Å². The molecule has 1 aromatic carbocycles. The fraction of sp³-hybridized carbons (Fsp3) is 0.562. The van der Waals surface area contributed by atoms with Crippen molar-refractivity contribution in [1.29, 1.82) is 0 Å². The first-order valence-corrected chi connectivity index (χ1v) is 9.64. The highest BCUT2D eigenvalue weighted by molar-refractivity contribution is 7.88. The van der Waals surface area contributed by atoms with E-state index in [2.05, 4.69) is 5.32 Å². The topological polar surface area (TPSA) is 66.5 Å². The number of carbonyl (C=O) groups is 1. The Bertz CT molecular complexity index is 588. The molecule has 1 N–H and O–H groups in total. The van der Waals surface area contributed by atoms with Gasteiger partial charge in [0.05, 0.1) is 6.26 Å². The van der Waals surface area contributed by atoms with Crippen LogP contribution < -0.4 is 5.32 Å². The monoisotopic (exact) mass is 344 g/mol. The number of halogens is 1. The van der Waals surface area contributed by atoms with E-state index in [1.807, 2.05) is 6.92 Å². The highest BCUT2D eigenvalue weighted by Crippen LogP contribution is 2.05. The fourth-order valence-electron chi connectivity index (χ4n) is 2.10. The number of hydrogen-bond donors (Lipinski definition) is 1. The lowest BCUT2D eigenvalue weighted by atomic mass is 10.2. The van der Waals surface area contributed by atoms with Crippen LogP contribution in [0, 0.1) is 5.82 Å². The Morgan fingerprint density at radius 3 is 2.39 bits per heavy atom. The van der Waals surface area contributed by atoms with Crippen molar-refractivity contribution in [3.63, 3.8) is 0 Å². The molecule has 0 aliphatic rings. The van der Waals surface area contributed by atoms with Gasteiger partial charge in [-0.3, -0.25) is 4.79 Å². The number of sulfonamides is 1. The zero-order valence-electron chi connectivity index (χ0n) is 13.7. The minimum atomic E-state index is -3.30. The Kier molecular flexibility index (Phi) is 8.19. The molecule has 0 unspecified atom stereocenters. The fourth-order valence-corrected chi connectivity index (χ4v) is 2.98. The molecular weight excluding hydrogens is 319 g/mol. The van der Waals surface area contributed by atoms with Gasteiger partial charge in [0.15, 0.2) is 0 Å². The molecule has 0 fully saturated rings. The first-order chi connectivity index (χ1) is 10.8. The number of rotatable bonds is 10. The molecule has 1 aromatic rings. The number of unbranched alkanes of at least 4 members (excludes halogenated alkanes) is 2. The van der Waals surface area contributed by atoms with Crippen LogP contribution in [0.15, 0.2) is 24.3 Å². The number of nitrogens with zero attached hydrogens (tertiary/aromatic N) is 1. The lowest BCUT2D eigenvalue weighted by Gasteiger charge is -2.19. The van der Waals surface area contributed by atoms with E-state index in [0.717, 1.165) is 31.1 Å². The molecule has 5 nitrogen and oxygen atoms in total. The second-order valence-corrected chi connectivity index (χ2v) is 7.50. The summed E-state index contributed by atoms with van der Waals surface area (Å²) >= 11 is 0. The molecule has 1 amide bonds.